The number of Topliss-reactive ketones (excluding diaryl/α,β-unsaturated/α-hetero) is 1. The second kappa shape index (κ2) is 6.27. The minimum atomic E-state index is 0.199. The Morgan fingerprint density at radius 3 is 2.45 bits per heavy atom. The van der Waals surface area contributed by atoms with Gasteiger partial charge in [-0.1, -0.05) is 11.6 Å². The molecule has 1 aliphatic rings. The lowest BCUT2D eigenvalue weighted by Crippen LogP contribution is -2.26. The predicted molar refractivity (Wildman–Crippen MR) is 90.3 cm³/mol. The molecule has 0 unspecified atom stereocenters. The summed E-state index contributed by atoms with van der Waals surface area (Å²) in [6.07, 6.45) is 6.30. The fourth-order valence-electron chi connectivity index (χ4n) is 3.25. The van der Waals surface area contributed by atoms with E-state index in [0.29, 0.717) is 6.54 Å². The number of rotatable bonds is 4. The van der Waals surface area contributed by atoms with Gasteiger partial charge in [0.1, 0.15) is 0 Å². The van der Waals surface area contributed by atoms with Crippen LogP contribution in [0.1, 0.15) is 34.3 Å². The van der Waals surface area contributed by atoms with E-state index in [0.717, 1.165) is 40.5 Å². The molecule has 2 heterocycles. The Bertz CT molecular complexity index is 676. The molecular formula is C18H21ClN2O. The van der Waals surface area contributed by atoms with Crippen molar-refractivity contribution >= 4 is 17.4 Å². The number of aromatic nitrogens is 1. The number of carbonyl (C=O) groups excluding carboxylic acids is 1. The Balaban J connectivity index is 1.83. The van der Waals surface area contributed by atoms with Crippen molar-refractivity contribution in [2.24, 2.45) is 0 Å². The number of carbonyl (C=O) groups is 1. The number of aryl methyl sites for hydroxylation is 2. The van der Waals surface area contributed by atoms with Gasteiger partial charge in [0.25, 0.3) is 0 Å². The van der Waals surface area contributed by atoms with Gasteiger partial charge in [-0.3, -0.25) is 9.69 Å². The lowest BCUT2D eigenvalue weighted by atomic mass is 10.1. The zero-order chi connectivity index (χ0) is 15.7. The van der Waals surface area contributed by atoms with Crippen LogP contribution in [0.15, 0.2) is 30.6 Å². The van der Waals surface area contributed by atoms with E-state index in [-0.39, 0.29) is 5.78 Å². The maximum Gasteiger partial charge on any atom is 0.178 e. The smallest absolute Gasteiger partial charge is 0.178 e. The van der Waals surface area contributed by atoms with Crippen LogP contribution >= 0.6 is 11.6 Å². The number of ketones is 1. The van der Waals surface area contributed by atoms with Crippen molar-refractivity contribution < 1.29 is 4.79 Å². The molecule has 22 heavy (non-hydrogen) atoms. The van der Waals surface area contributed by atoms with Crippen molar-refractivity contribution in [3.63, 3.8) is 0 Å². The molecule has 1 aliphatic heterocycles. The third-order valence-corrected chi connectivity index (χ3v) is 4.51. The van der Waals surface area contributed by atoms with Crippen molar-refractivity contribution in [3.05, 3.63) is 52.3 Å². The lowest BCUT2D eigenvalue weighted by Gasteiger charge is -2.13. The highest BCUT2D eigenvalue weighted by Gasteiger charge is 2.17. The van der Waals surface area contributed by atoms with Gasteiger partial charge in [0, 0.05) is 23.0 Å². The third kappa shape index (κ3) is 3.11. The van der Waals surface area contributed by atoms with Crippen LogP contribution in [0.3, 0.4) is 0 Å². The van der Waals surface area contributed by atoms with E-state index in [1.807, 2.05) is 49.0 Å². The SMILES string of the molecule is Cc1cc(Cl)cc(C)c1-n1ccc(C(=O)CN2CCCC2)c1. The highest BCUT2D eigenvalue weighted by atomic mass is 35.5. The molecule has 0 aliphatic carbocycles. The molecule has 0 amide bonds. The van der Waals surface area contributed by atoms with Gasteiger partial charge in [-0.15, -0.1) is 0 Å². The number of nitrogens with zero attached hydrogens (tertiary/aromatic N) is 2. The van der Waals surface area contributed by atoms with Crippen LogP contribution in [0.25, 0.3) is 5.69 Å². The second-order valence-corrected chi connectivity index (χ2v) is 6.54. The zero-order valence-electron chi connectivity index (χ0n) is 13.1. The highest BCUT2D eigenvalue weighted by Crippen LogP contribution is 2.24. The summed E-state index contributed by atoms with van der Waals surface area (Å²) in [7, 11) is 0. The second-order valence-electron chi connectivity index (χ2n) is 6.10. The first-order valence-electron chi connectivity index (χ1n) is 7.75. The van der Waals surface area contributed by atoms with Crippen LogP contribution < -0.4 is 0 Å². The number of benzene rings is 1. The van der Waals surface area contributed by atoms with E-state index in [1.165, 1.54) is 12.8 Å². The Labute approximate surface area is 136 Å². The fourth-order valence-corrected chi connectivity index (χ4v) is 3.57. The summed E-state index contributed by atoms with van der Waals surface area (Å²) >= 11 is 6.09. The van der Waals surface area contributed by atoms with Crippen LogP contribution in [-0.2, 0) is 0 Å². The first kappa shape index (κ1) is 15.3. The molecule has 1 fully saturated rings. The molecule has 3 rings (SSSR count). The maximum absolute atomic E-state index is 12.4. The minimum Gasteiger partial charge on any atom is -0.323 e. The predicted octanol–water partition coefficient (Wildman–Crippen LogP) is 4.03. The quantitative estimate of drug-likeness (QED) is 0.796. The van der Waals surface area contributed by atoms with Crippen molar-refractivity contribution in [3.8, 4) is 5.69 Å². The molecule has 0 atom stereocenters. The van der Waals surface area contributed by atoms with Gasteiger partial charge < -0.3 is 4.57 Å². The van der Waals surface area contributed by atoms with E-state index in [9.17, 15) is 4.79 Å². The number of halogens is 1. The average molecular weight is 317 g/mol. The van der Waals surface area contributed by atoms with Crippen LogP contribution in [0.2, 0.25) is 5.02 Å². The van der Waals surface area contributed by atoms with Crippen LogP contribution in [0.5, 0.6) is 0 Å². The van der Waals surface area contributed by atoms with Crippen LogP contribution in [0, 0.1) is 13.8 Å². The molecule has 1 saturated heterocycles. The van der Waals surface area contributed by atoms with E-state index < -0.39 is 0 Å². The maximum atomic E-state index is 12.4. The fraction of sp³-hybridized carbons (Fsp3) is 0.389. The van der Waals surface area contributed by atoms with E-state index in [4.69, 9.17) is 11.6 Å². The summed E-state index contributed by atoms with van der Waals surface area (Å²) in [5, 5.41) is 0.747. The van der Waals surface area contributed by atoms with Gasteiger partial charge >= 0.3 is 0 Å². The van der Waals surface area contributed by atoms with E-state index in [1.54, 1.807) is 0 Å². The largest absolute Gasteiger partial charge is 0.323 e. The topological polar surface area (TPSA) is 25.2 Å². The van der Waals surface area contributed by atoms with Crippen molar-refractivity contribution in [1.29, 1.82) is 0 Å². The molecule has 4 heteroatoms. The summed E-state index contributed by atoms with van der Waals surface area (Å²) in [6.45, 7) is 6.70. The summed E-state index contributed by atoms with van der Waals surface area (Å²) in [6, 6.07) is 5.82. The summed E-state index contributed by atoms with van der Waals surface area (Å²) in [5.74, 6) is 0.199. The van der Waals surface area contributed by atoms with Gasteiger partial charge in [0.2, 0.25) is 0 Å². The van der Waals surface area contributed by atoms with Gasteiger partial charge in [0.15, 0.2) is 5.78 Å². The Morgan fingerprint density at radius 2 is 1.82 bits per heavy atom. The monoisotopic (exact) mass is 316 g/mol. The third-order valence-electron chi connectivity index (χ3n) is 4.29. The molecule has 2 aromatic rings. The summed E-state index contributed by atoms with van der Waals surface area (Å²) in [4.78, 5) is 14.6. The molecule has 0 bridgehead atoms. The lowest BCUT2D eigenvalue weighted by molar-refractivity contribution is 0.0945. The molecule has 0 radical (unpaired) electrons. The number of hydrogen-bond donors (Lipinski definition) is 0. The van der Waals surface area contributed by atoms with Crippen molar-refractivity contribution in [2.75, 3.05) is 19.6 Å². The normalized spacial score (nSPS) is 15.4. The Morgan fingerprint density at radius 1 is 1.18 bits per heavy atom. The Kier molecular flexibility index (Phi) is 4.37. The van der Waals surface area contributed by atoms with E-state index in [2.05, 4.69) is 4.90 Å². The van der Waals surface area contributed by atoms with Gasteiger partial charge in [-0.05, 0) is 69.1 Å². The minimum absolute atomic E-state index is 0.199. The standard InChI is InChI=1S/C18H21ClN2O/c1-13-9-16(19)10-14(2)18(13)21-8-5-15(11-21)17(22)12-20-6-3-4-7-20/h5,8-11H,3-4,6-7,12H2,1-2H3. The molecule has 1 aromatic heterocycles. The first-order chi connectivity index (χ1) is 10.5. The molecule has 3 nitrogen and oxygen atoms in total. The van der Waals surface area contributed by atoms with Crippen LogP contribution in [-0.4, -0.2) is 34.9 Å². The van der Waals surface area contributed by atoms with Crippen LogP contribution in [0.4, 0.5) is 0 Å². The van der Waals surface area contributed by atoms with Gasteiger partial charge in [0.05, 0.1) is 12.2 Å². The highest BCUT2D eigenvalue weighted by molar-refractivity contribution is 6.30. The van der Waals surface area contributed by atoms with Gasteiger partial charge in [-0.2, -0.15) is 0 Å². The number of hydrogen-bond acceptors (Lipinski definition) is 2. The molecule has 1 aromatic carbocycles. The molecule has 0 N–H and O–H groups in total. The zero-order valence-corrected chi connectivity index (χ0v) is 13.9. The Hall–Kier alpha value is -1.58. The van der Waals surface area contributed by atoms with Crippen molar-refractivity contribution in [2.45, 2.75) is 26.7 Å². The van der Waals surface area contributed by atoms with E-state index >= 15 is 0 Å². The average Bonchev–Trinajstić information content (AvgIpc) is 3.08. The summed E-state index contributed by atoms with van der Waals surface area (Å²) in [5.41, 5.74) is 4.10. The molecule has 0 saturated carbocycles. The molecular weight excluding hydrogens is 296 g/mol. The van der Waals surface area contributed by atoms with Gasteiger partial charge in [-0.25, -0.2) is 0 Å². The first-order valence-corrected chi connectivity index (χ1v) is 8.13. The molecule has 116 valence electrons. The molecule has 0 spiro atoms. The van der Waals surface area contributed by atoms with Crippen molar-refractivity contribution in [1.82, 2.24) is 9.47 Å². The summed E-state index contributed by atoms with van der Waals surface area (Å²) < 4.78 is 2.03. The number of likely N-dealkylation sites (tertiary alicyclic amines) is 1.